The van der Waals surface area contributed by atoms with E-state index in [-0.39, 0.29) is 6.10 Å². The van der Waals surface area contributed by atoms with Crippen LogP contribution in [0.3, 0.4) is 0 Å². The van der Waals surface area contributed by atoms with Gasteiger partial charge in [-0.25, -0.2) is 4.98 Å². The highest BCUT2D eigenvalue weighted by Gasteiger charge is 2.24. The fourth-order valence-electron chi connectivity index (χ4n) is 1.73. The highest BCUT2D eigenvalue weighted by molar-refractivity contribution is 8.01. The Labute approximate surface area is 92.8 Å². The first kappa shape index (κ1) is 10.5. The lowest BCUT2D eigenvalue weighted by Gasteiger charge is -2.25. The molecule has 4 heteroatoms. The lowest BCUT2D eigenvalue weighted by atomic mass is 9.97. The molecule has 2 nitrogen and oxygen atoms in total. The lowest BCUT2D eigenvalue weighted by Crippen LogP contribution is -2.26. The van der Waals surface area contributed by atoms with Crippen LogP contribution in [-0.4, -0.2) is 21.4 Å². The van der Waals surface area contributed by atoms with Gasteiger partial charge in [-0.15, -0.1) is 11.3 Å². The summed E-state index contributed by atoms with van der Waals surface area (Å²) in [6, 6.07) is 0. The van der Waals surface area contributed by atoms with E-state index < -0.39 is 0 Å². The SMILES string of the molecule is Cc1csc(SC2CCCCC2O)n1. The maximum absolute atomic E-state index is 9.79. The number of rotatable bonds is 2. The first-order valence-electron chi connectivity index (χ1n) is 5.02. The van der Waals surface area contributed by atoms with Crippen molar-refractivity contribution < 1.29 is 5.11 Å². The van der Waals surface area contributed by atoms with Gasteiger partial charge in [-0.1, -0.05) is 24.6 Å². The first-order chi connectivity index (χ1) is 6.75. The van der Waals surface area contributed by atoms with E-state index in [9.17, 15) is 5.11 Å². The Balaban J connectivity index is 1.95. The van der Waals surface area contributed by atoms with Crippen LogP contribution in [0.1, 0.15) is 31.4 Å². The quantitative estimate of drug-likeness (QED) is 0.846. The molecule has 14 heavy (non-hydrogen) atoms. The molecule has 0 saturated heterocycles. The van der Waals surface area contributed by atoms with Crippen LogP contribution in [0.5, 0.6) is 0 Å². The molecular formula is C10H15NOS2. The molecule has 0 amide bonds. The van der Waals surface area contributed by atoms with Gasteiger partial charge in [0.1, 0.15) is 4.34 Å². The van der Waals surface area contributed by atoms with Gasteiger partial charge in [-0.05, 0) is 19.8 Å². The number of aliphatic hydroxyl groups is 1. The number of aryl methyl sites for hydroxylation is 1. The fourth-order valence-corrected chi connectivity index (χ4v) is 4.02. The summed E-state index contributed by atoms with van der Waals surface area (Å²) < 4.78 is 1.11. The average molecular weight is 229 g/mol. The standard InChI is InChI=1S/C10H15NOS2/c1-7-6-13-10(11-7)14-9-5-3-2-4-8(9)12/h6,8-9,12H,2-5H2,1H3. The van der Waals surface area contributed by atoms with Crippen molar-refractivity contribution in [2.45, 2.75) is 48.3 Å². The van der Waals surface area contributed by atoms with E-state index in [2.05, 4.69) is 10.4 Å². The number of hydrogen-bond acceptors (Lipinski definition) is 4. The molecular weight excluding hydrogens is 214 g/mol. The third-order valence-electron chi connectivity index (χ3n) is 2.52. The number of thiazole rings is 1. The van der Waals surface area contributed by atoms with Gasteiger partial charge in [0.05, 0.1) is 6.10 Å². The molecule has 1 aromatic rings. The van der Waals surface area contributed by atoms with Gasteiger partial charge < -0.3 is 5.11 Å². The average Bonchev–Trinajstić information content (AvgIpc) is 2.56. The van der Waals surface area contributed by atoms with Crippen molar-refractivity contribution in [3.05, 3.63) is 11.1 Å². The number of aliphatic hydroxyl groups excluding tert-OH is 1. The Bertz CT molecular complexity index is 300. The molecule has 0 spiro atoms. The second kappa shape index (κ2) is 4.64. The van der Waals surface area contributed by atoms with Gasteiger partial charge in [0.25, 0.3) is 0 Å². The van der Waals surface area contributed by atoms with Crippen molar-refractivity contribution >= 4 is 23.1 Å². The van der Waals surface area contributed by atoms with Gasteiger partial charge in [0, 0.05) is 16.3 Å². The largest absolute Gasteiger partial charge is 0.392 e. The van der Waals surface area contributed by atoms with Crippen LogP contribution in [0.25, 0.3) is 0 Å². The Morgan fingerprint density at radius 1 is 1.50 bits per heavy atom. The molecule has 1 aliphatic carbocycles. The monoisotopic (exact) mass is 229 g/mol. The summed E-state index contributed by atoms with van der Waals surface area (Å²) in [6.45, 7) is 2.01. The van der Waals surface area contributed by atoms with Crippen molar-refractivity contribution in [3.63, 3.8) is 0 Å². The molecule has 0 bridgehead atoms. The summed E-state index contributed by atoms with van der Waals surface area (Å²) in [4.78, 5) is 4.41. The summed E-state index contributed by atoms with van der Waals surface area (Å²) in [5, 5.41) is 12.2. The van der Waals surface area contributed by atoms with Crippen LogP contribution in [0, 0.1) is 6.92 Å². The van der Waals surface area contributed by atoms with E-state index >= 15 is 0 Å². The molecule has 1 N–H and O–H groups in total. The van der Waals surface area contributed by atoms with Crippen molar-refractivity contribution in [3.8, 4) is 0 Å². The summed E-state index contributed by atoms with van der Waals surface area (Å²) in [6.07, 6.45) is 4.39. The molecule has 2 rings (SSSR count). The molecule has 2 atom stereocenters. The minimum atomic E-state index is -0.127. The maximum Gasteiger partial charge on any atom is 0.150 e. The number of thioether (sulfide) groups is 1. The second-order valence-corrected chi connectivity index (χ2v) is 6.11. The highest BCUT2D eigenvalue weighted by Crippen LogP contribution is 2.35. The third kappa shape index (κ3) is 2.49. The third-order valence-corrected chi connectivity index (χ3v) is 4.99. The van der Waals surface area contributed by atoms with Crippen LogP contribution in [0.4, 0.5) is 0 Å². The summed E-state index contributed by atoms with van der Waals surface area (Å²) in [7, 11) is 0. The van der Waals surface area contributed by atoms with Crippen molar-refractivity contribution in [2.75, 3.05) is 0 Å². The van der Waals surface area contributed by atoms with Gasteiger partial charge in [0.2, 0.25) is 0 Å². The van der Waals surface area contributed by atoms with Crippen LogP contribution in [-0.2, 0) is 0 Å². The maximum atomic E-state index is 9.79. The van der Waals surface area contributed by atoms with E-state index in [0.29, 0.717) is 5.25 Å². The van der Waals surface area contributed by atoms with E-state index in [1.165, 1.54) is 12.8 Å². The minimum Gasteiger partial charge on any atom is -0.392 e. The summed E-state index contributed by atoms with van der Waals surface area (Å²) >= 11 is 3.44. The molecule has 1 aromatic heterocycles. The van der Waals surface area contributed by atoms with E-state index in [1.807, 2.05) is 6.92 Å². The Hall–Kier alpha value is -0.0600. The molecule has 78 valence electrons. The molecule has 1 aliphatic rings. The number of aromatic nitrogens is 1. The smallest absolute Gasteiger partial charge is 0.150 e. The molecule has 1 saturated carbocycles. The van der Waals surface area contributed by atoms with Crippen LogP contribution >= 0.6 is 23.1 Å². The molecule has 0 aliphatic heterocycles. The Kier molecular flexibility index (Phi) is 3.47. The van der Waals surface area contributed by atoms with Gasteiger partial charge >= 0.3 is 0 Å². The number of nitrogens with zero attached hydrogens (tertiary/aromatic N) is 1. The first-order valence-corrected chi connectivity index (χ1v) is 6.78. The molecule has 0 radical (unpaired) electrons. The summed E-state index contributed by atoms with van der Waals surface area (Å²) in [5.41, 5.74) is 1.09. The van der Waals surface area contributed by atoms with Gasteiger partial charge in [-0.2, -0.15) is 0 Å². The Morgan fingerprint density at radius 2 is 2.29 bits per heavy atom. The van der Waals surface area contributed by atoms with E-state index in [1.54, 1.807) is 23.1 Å². The second-order valence-electron chi connectivity index (χ2n) is 3.76. The molecule has 2 unspecified atom stereocenters. The van der Waals surface area contributed by atoms with Crippen LogP contribution < -0.4 is 0 Å². The molecule has 1 heterocycles. The van der Waals surface area contributed by atoms with Crippen LogP contribution in [0.2, 0.25) is 0 Å². The van der Waals surface area contributed by atoms with Crippen molar-refractivity contribution in [2.24, 2.45) is 0 Å². The topological polar surface area (TPSA) is 33.1 Å². The fraction of sp³-hybridized carbons (Fsp3) is 0.700. The van der Waals surface area contributed by atoms with E-state index in [4.69, 9.17) is 0 Å². The lowest BCUT2D eigenvalue weighted by molar-refractivity contribution is 0.137. The predicted molar refractivity (Wildman–Crippen MR) is 61.0 cm³/mol. The minimum absolute atomic E-state index is 0.127. The summed E-state index contributed by atoms with van der Waals surface area (Å²) in [5.74, 6) is 0. The van der Waals surface area contributed by atoms with Crippen molar-refractivity contribution in [1.29, 1.82) is 0 Å². The van der Waals surface area contributed by atoms with Gasteiger partial charge in [0.15, 0.2) is 0 Å². The van der Waals surface area contributed by atoms with Gasteiger partial charge in [-0.3, -0.25) is 0 Å². The normalized spacial score (nSPS) is 27.9. The predicted octanol–water partition coefficient (Wildman–Crippen LogP) is 2.85. The Morgan fingerprint density at radius 3 is 2.93 bits per heavy atom. The van der Waals surface area contributed by atoms with Crippen LogP contribution in [0.15, 0.2) is 9.72 Å². The zero-order valence-electron chi connectivity index (χ0n) is 8.27. The zero-order valence-corrected chi connectivity index (χ0v) is 9.90. The molecule has 1 fully saturated rings. The molecule has 0 aromatic carbocycles. The zero-order chi connectivity index (χ0) is 9.97. The van der Waals surface area contributed by atoms with Crippen molar-refractivity contribution in [1.82, 2.24) is 4.98 Å². The van der Waals surface area contributed by atoms with E-state index in [0.717, 1.165) is 22.9 Å². The highest BCUT2D eigenvalue weighted by atomic mass is 32.2. The number of hydrogen-bond donors (Lipinski definition) is 1.